The van der Waals surface area contributed by atoms with Crippen molar-refractivity contribution in [3.05, 3.63) is 58.4 Å². The van der Waals surface area contributed by atoms with Crippen LogP contribution in [0.4, 0.5) is 0 Å². The second kappa shape index (κ2) is 3.90. The van der Waals surface area contributed by atoms with Crippen LogP contribution in [0, 0.1) is 3.70 Å². The quantitative estimate of drug-likeness (QED) is 0.495. The van der Waals surface area contributed by atoms with Crippen molar-refractivity contribution >= 4 is 28.2 Å². The number of fused-ring (bicyclic) bond motifs is 1. The van der Waals surface area contributed by atoms with Crippen LogP contribution in [0.5, 0.6) is 0 Å². The first-order valence-corrected chi connectivity index (χ1v) is 6.11. The van der Waals surface area contributed by atoms with Crippen molar-refractivity contribution in [1.82, 2.24) is 9.38 Å². The number of hydrogen-bond acceptors (Lipinski definition) is 1. The van der Waals surface area contributed by atoms with Gasteiger partial charge >= 0.3 is 0 Å². The third kappa shape index (κ3) is 1.51. The summed E-state index contributed by atoms with van der Waals surface area (Å²) in [6.45, 7) is 0. The molecule has 2 heterocycles. The Hall–Kier alpha value is -1.36. The average molecular weight is 320 g/mol. The van der Waals surface area contributed by atoms with Gasteiger partial charge in [0, 0.05) is 5.56 Å². The maximum atomic E-state index is 4.41. The molecule has 3 rings (SSSR count). The molecule has 0 saturated carbocycles. The van der Waals surface area contributed by atoms with Gasteiger partial charge < -0.3 is 0 Å². The lowest BCUT2D eigenvalue weighted by Crippen LogP contribution is -1.92. The largest absolute Gasteiger partial charge is 0.287 e. The minimum Gasteiger partial charge on any atom is -0.287 e. The van der Waals surface area contributed by atoms with Gasteiger partial charge in [-0.1, -0.05) is 36.4 Å². The second-order valence-electron chi connectivity index (χ2n) is 3.55. The minimum atomic E-state index is 0.991. The summed E-state index contributed by atoms with van der Waals surface area (Å²) in [5, 5.41) is 0. The molecule has 0 aliphatic heterocycles. The van der Waals surface area contributed by atoms with Gasteiger partial charge in [0.05, 0.1) is 15.6 Å². The van der Waals surface area contributed by atoms with Crippen molar-refractivity contribution in [2.75, 3.05) is 0 Å². The standard InChI is InChI=1S/C13H9IN2/c14-12-7-4-8-13-15-9-11(16(12)13)10-5-2-1-3-6-10/h1-9H. The first-order chi connectivity index (χ1) is 7.86. The summed E-state index contributed by atoms with van der Waals surface area (Å²) in [6.07, 6.45) is 1.92. The van der Waals surface area contributed by atoms with Crippen LogP contribution in [0.15, 0.2) is 54.7 Å². The van der Waals surface area contributed by atoms with E-state index in [4.69, 9.17) is 0 Å². The molecule has 0 amide bonds. The highest BCUT2D eigenvalue weighted by Gasteiger charge is 2.06. The Labute approximate surface area is 107 Å². The molecule has 0 saturated heterocycles. The van der Waals surface area contributed by atoms with Crippen LogP contribution in [0.25, 0.3) is 16.9 Å². The first kappa shape index (κ1) is 9.84. The molecule has 0 atom stereocenters. The van der Waals surface area contributed by atoms with Crippen LogP contribution in [-0.2, 0) is 0 Å². The van der Waals surface area contributed by atoms with Crippen molar-refractivity contribution < 1.29 is 0 Å². The molecule has 0 radical (unpaired) electrons. The van der Waals surface area contributed by atoms with E-state index >= 15 is 0 Å². The van der Waals surface area contributed by atoms with E-state index < -0.39 is 0 Å². The maximum Gasteiger partial charge on any atom is 0.138 e. The Balaban J connectivity index is 2.33. The molecule has 0 aliphatic rings. The van der Waals surface area contributed by atoms with E-state index in [-0.39, 0.29) is 0 Å². The number of imidazole rings is 1. The fourth-order valence-corrected chi connectivity index (χ4v) is 2.52. The fourth-order valence-electron chi connectivity index (χ4n) is 1.81. The summed E-state index contributed by atoms with van der Waals surface area (Å²) in [5.41, 5.74) is 3.32. The molecular weight excluding hydrogens is 311 g/mol. The zero-order valence-electron chi connectivity index (χ0n) is 8.47. The second-order valence-corrected chi connectivity index (χ2v) is 4.66. The number of benzene rings is 1. The van der Waals surface area contributed by atoms with Crippen LogP contribution in [0.3, 0.4) is 0 Å². The van der Waals surface area contributed by atoms with Gasteiger partial charge in [0.2, 0.25) is 0 Å². The van der Waals surface area contributed by atoms with Crippen molar-refractivity contribution in [2.45, 2.75) is 0 Å². The summed E-state index contributed by atoms with van der Waals surface area (Å²) in [5.74, 6) is 0. The lowest BCUT2D eigenvalue weighted by atomic mass is 10.2. The molecule has 2 nitrogen and oxygen atoms in total. The highest BCUT2D eigenvalue weighted by Crippen LogP contribution is 2.22. The number of nitrogens with zero attached hydrogens (tertiary/aromatic N) is 2. The van der Waals surface area contributed by atoms with Gasteiger partial charge in [-0.3, -0.25) is 4.40 Å². The van der Waals surface area contributed by atoms with Gasteiger partial charge in [0.15, 0.2) is 0 Å². The van der Waals surface area contributed by atoms with E-state index in [1.807, 2.05) is 36.5 Å². The molecule has 78 valence electrons. The minimum absolute atomic E-state index is 0.991. The molecule has 3 heteroatoms. The highest BCUT2D eigenvalue weighted by atomic mass is 127. The summed E-state index contributed by atoms with van der Waals surface area (Å²) < 4.78 is 3.34. The molecule has 0 spiro atoms. The Kier molecular flexibility index (Phi) is 2.40. The number of rotatable bonds is 1. The molecule has 0 bridgehead atoms. The van der Waals surface area contributed by atoms with Crippen LogP contribution in [0.1, 0.15) is 0 Å². The van der Waals surface area contributed by atoms with Crippen LogP contribution >= 0.6 is 22.6 Å². The van der Waals surface area contributed by atoms with Gasteiger partial charge in [0.1, 0.15) is 5.65 Å². The smallest absolute Gasteiger partial charge is 0.138 e. The van der Waals surface area contributed by atoms with Crippen molar-refractivity contribution in [3.8, 4) is 11.3 Å². The zero-order valence-corrected chi connectivity index (χ0v) is 10.6. The highest BCUT2D eigenvalue weighted by molar-refractivity contribution is 14.1. The summed E-state index contributed by atoms with van der Waals surface area (Å²) in [4.78, 5) is 4.41. The van der Waals surface area contributed by atoms with Crippen molar-refractivity contribution in [1.29, 1.82) is 0 Å². The molecular formula is C13H9IN2. The SMILES string of the molecule is Ic1cccc2ncc(-c3ccccc3)n12. The van der Waals surface area contributed by atoms with Gasteiger partial charge in [-0.05, 0) is 34.7 Å². The maximum absolute atomic E-state index is 4.41. The predicted octanol–water partition coefficient (Wildman–Crippen LogP) is 3.61. The van der Waals surface area contributed by atoms with Gasteiger partial charge in [-0.2, -0.15) is 0 Å². The fraction of sp³-hybridized carbons (Fsp3) is 0. The van der Waals surface area contributed by atoms with E-state index in [1.54, 1.807) is 0 Å². The molecule has 3 aromatic rings. The molecule has 0 fully saturated rings. The number of pyridine rings is 1. The van der Waals surface area contributed by atoms with E-state index in [0.717, 1.165) is 11.3 Å². The Morgan fingerprint density at radius 2 is 1.75 bits per heavy atom. The molecule has 16 heavy (non-hydrogen) atoms. The van der Waals surface area contributed by atoms with Crippen LogP contribution < -0.4 is 0 Å². The summed E-state index contributed by atoms with van der Waals surface area (Å²) >= 11 is 2.33. The Morgan fingerprint density at radius 1 is 0.938 bits per heavy atom. The monoisotopic (exact) mass is 320 g/mol. The van der Waals surface area contributed by atoms with E-state index in [9.17, 15) is 0 Å². The Morgan fingerprint density at radius 3 is 2.56 bits per heavy atom. The summed E-state index contributed by atoms with van der Waals surface area (Å²) in [7, 11) is 0. The third-order valence-electron chi connectivity index (χ3n) is 2.55. The lowest BCUT2D eigenvalue weighted by Gasteiger charge is -2.03. The normalized spacial score (nSPS) is 10.8. The zero-order chi connectivity index (χ0) is 11.0. The molecule has 0 N–H and O–H groups in total. The number of halogens is 1. The van der Waals surface area contributed by atoms with Crippen molar-refractivity contribution in [3.63, 3.8) is 0 Å². The van der Waals surface area contributed by atoms with Gasteiger partial charge in [-0.25, -0.2) is 4.98 Å². The lowest BCUT2D eigenvalue weighted by molar-refractivity contribution is 1.14. The third-order valence-corrected chi connectivity index (χ3v) is 3.39. The van der Waals surface area contributed by atoms with Gasteiger partial charge in [0.25, 0.3) is 0 Å². The first-order valence-electron chi connectivity index (χ1n) is 5.03. The molecule has 0 unspecified atom stereocenters. The molecule has 2 aromatic heterocycles. The van der Waals surface area contributed by atoms with E-state index in [0.29, 0.717) is 0 Å². The summed E-state index contributed by atoms with van der Waals surface area (Å²) in [6, 6.07) is 16.5. The van der Waals surface area contributed by atoms with Crippen LogP contribution in [-0.4, -0.2) is 9.38 Å². The average Bonchev–Trinajstić information content (AvgIpc) is 2.75. The number of aromatic nitrogens is 2. The topological polar surface area (TPSA) is 17.3 Å². The van der Waals surface area contributed by atoms with Crippen molar-refractivity contribution in [2.24, 2.45) is 0 Å². The van der Waals surface area contributed by atoms with E-state index in [2.05, 4.69) is 50.2 Å². The van der Waals surface area contributed by atoms with Crippen LogP contribution in [0.2, 0.25) is 0 Å². The molecule has 1 aromatic carbocycles. The number of hydrogen-bond donors (Lipinski definition) is 0. The van der Waals surface area contributed by atoms with E-state index in [1.165, 1.54) is 9.26 Å². The predicted molar refractivity (Wildman–Crippen MR) is 73.3 cm³/mol. The Bertz CT molecular complexity index is 629. The molecule has 0 aliphatic carbocycles. The van der Waals surface area contributed by atoms with Gasteiger partial charge in [-0.15, -0.1) is 0 Å².